The molecule has 0 bridgehead atoms. The first-order valence-electron chi connectivity index (χ1n) is 4.72. The smallest absolute Gasteiger partial charge is 0.129 e. The maximum absolute atomic E-state index is 4.40. The van der Waals surface area contributed by atoms with Crippen LogP contribution in [0.15, 0.2) is 30.3 Å². The zero-order valence-electron chi connectivity index (χ0n) is 7.99. The number of aryl methyl sites for hydroxylation is 1. The Labute approximate surface area is 82.4 Å². The van der Waals surface area contributed by atoms with Gasteiger partial charge in [0.25, 0.3) is 0 Å². The lowest BCUT2D eigenvalue weighted by atomic mass is 10.1. The highest BCUT2D eigenvalue weighted by molar-refractivity contribution is 5.63. The molecule has 0 saturated carbocycles. The fourth-order valence-corrected chi connectivity index (χ4v) is 1.85. The Kier molecular flexibility index (Phi) is 1.42. The van der Waals surface area contributed by atoms with E-state index in [4.69, 9.17) is 0 Å². The second kappa shape index (κ2) is 2.61. The Morgan fingerprint density at radius 2 is 2.21 bits per heavy atom. The van der Waals surface area contributed by atoms with Crippen molar-refractivity contribution < 1.29 is 0 Å². The van der Waals surface area contributed by atoms with E-state index in [1.165, 1.54) is 11.3 Å². The van der Waals surface area contributed by atoms with Crippen molar-refractivity contribution in [3.8, 4) is 0 Å². The summed E-state index contributed by atoms with van der Waals surface area (Å²) in [7, 11) is 0. The van der Waals surface area contributed by atoms with Crippen LogP contribution in [-0.4, -0.2) is 9.78 Å². The van der Waals surface area contributed by atoms with Crippen LogP contribution in [0.5, 0.6) is 0 Å². The average molecular weight is 185 g/mol. The van der Waals surface area contributed by atoms with Gasteiger partial charge in [-0.15, -0.1) is 0 Å². The minimum atomic E-state index is 0.867. The SMILES string of the molecule is Cc1cc2n(n1)Cc1ccccc1N2. The van der Waals surface area contributed by atoms with Crippen LogP contribution in [0.3, 0.4) is 0 Å². The van der Waals surface area contributed by atoms with Crippen LogP contribution in [0.1, 0.15) is 11.3 Å². The van der Waals surface area contributed by atoms with Crippen LogP contribution in [0.2, 0.25) is 0 Å². The number of para-hydroxylation sites is 1. The van der Waals surface area contributed by atoms with E-state index in [1.807, 2.05) is 17.7 Å². The molecule has 0 aliphatic carbocycles. The monoisotopic (exact) mass is 185 g/mol. The van der Waals surface area contributed by atoms with Gasteiger partial charge in [0.15, 0.2) is 0 Å². The van der Waals surface area contributed by atoms with Gasteiger partial charge >= 0.3 is 0 Å². The summed E-state index contributed by atoms with van der Waals surface area (Å²) in [6, 6.07) is 10.4. The molecule has 0 atom stereocenters. The van der Waals surface area contributed by atoms with E-state index in [1.54, 1.807) is 0 Å². The maximum atomic E-state index is 4.40. The van der Waals surface area contributed by atoms with Gasteiger partial charge in [-0.3, -0.25) is 0 Å². The molecule has 1 aromatic carbocycles. The van der Waals surface area contributed by atoms with Crippen LogP contribution >= 0.6 is 0 Å². The van der Waals surface area contributed by atoms with Crippen LogP contribution in [0.4, 0.5) is 11.5 Å². The van der Waals surface area contributed by atoms with Crippen molar-refractivity contribution in [3.63, 3.8) is 0 Å². The summed E-state index contributed by atoms with van der Waals surface area (Å²) in [5.74, 6) is 1.08. The summed E-state index contributed by atoms with van der Waals surface area (Å²) in [5, 5.41) is 7.77. The van der Waals surface area contributed by atoms with Gasteiger partial charge in [-0.25, -0.2) is 4.68 Å². The Balaban J connectivity index is 2.12. The maximum Gasteiger partial charge on any atom is 0.129 e. The third-order valence-corrected chi connectivity index (χ3v) is 2.50. The molecule has 0 spiro atoms. The van der Waals surface area contributed by atoms with Crippen molar-refractivity contribution in [1.29, 1.82) is 0 Å². The van der Waals surface area contributed by atoms with Crippen molar-refractivity contribution >= 4 is 11.5 Å². The molecule has 0 radical (unpaired) electrons. The number of aromatic nitrogens is 2. The molecule has 0 unspecified atom stereocenters. The largest absolute Gasteiger partial charge is 0.340 e. The first kappa shape index (κ1) is 7.62. The quantitative estimate of drug-likeness (QED) is 0.582. The zero-order valence-corrected chi connectivity index (χ0v) is 7.99. The van der Waals surface area contributed by atoms with E-state index in [9.17, 15) is 0 Å². The summed E-state index contributed by atoms with van der Waals surface area (Å²) in [4.78, 5) is 0. The van der Waals surface area contributed by atoms with Crippen LogP contribution in [0.25, 0.3) is 0 Å². The summed E-state index contributed by atoms with van der Waals surface area (Å²) in [6.07, 6.45) is 0. The fraction of sp³-hybridized carbons (Fsp3) is 0.182. The normalized spacial score (nSPS) is 12.9. The Morgan fingerprint density at radius 3 is 3.14 bits per heavy atom. The molecule has 1 aromatic heterocycles. The molecule has 14 heavy (non-hydrogen) atoms. The Morgan fingerprint density at radius 1 is 1.36 bits per heavy atom. The highest BCUT2D eigenvalue weighted by atomic mass is 15.3. The summed E-state index contributed by atoms with van der Waals surface area (Å²) < 4.78 is 2.00. The van der Waals surface area contributed by atoms with E-state index < -0.39 is 0 Å². The molecule has 3 heteroatoms. The highest BCUT2D eigenvalue weighted by Gasteiger charge is 2.14. The number of nitrogens with one attached hydrogen (secondary N) is 1. The third kappa shape index (κ3) is 1.02. The van der Waals surface area contributed by atoms with Crippen molar-refractivity contribution in [2.45, 2.75) is 13.5 Å². The van der Waals surface area contributed by atoms with Crippen molar-refractivity contribution in [1.82, 2.24) is 9.78 Å². The van der Waals surface area contributed by atoms with Crippen molar-refractivity contribution in [2.75, 3.05) is 5.32 Å². The lowest BCUT2D eigenvalue weighted by Gasteiger charge is -2.19. The van der Waals surface area contributed by atoms with Gasteiger partial charge in [0.1, 0.15) is 5.82 Å². The molecule has 0 fully saturated rings. The van der Waals surface area contributed by atoms with E-state index in [-0.39, 0.29) is 0 Å². The first-order valence-corrected chi connectivity index (χ1v) is 4.72. The predicted molar refractivity (Wildman–Crippen MR) is 55.8 cm³/mol. The zero-order chi connectivity index (χ0) is 9.54. The highest BCUT2D eigenvalue weighted by Crippen LogP contribution is 2.27. The number of hydrogen-bond acceptors (Lipinski definition) is 2. The molecule has 0 amide bonds. The van der Waals surface area contributed by atoms with Gasteiger partial charge < -0.3 is 5.32 Å². The molecule has 70 valence electrons. The molecule has 3 rings (SSSR count). The van der Waals surface area contributed by atoms with Gasteiger partial charge in [-0.1, -0.05) is 18.2 Å². The van der Waals surface area contributed by atoms with Gasteiger partial charge in [0.05, 0.1) is 12.2 Å². The van der Waals surface area contributed by atoms with E-state index in [0.717, 1.165) is 18.1 Å². The van der Waals surface area contributed by atoms with Gasteiger partial charge in [-0.2, -0.15) is 5.10 Å². The van der Waals surface area contributed by atoms with Crippen LogP contribution in [0, 0.1) is 6.92 Å². The molecular weight excluding hydrogens is 174 g/mol. The minimum absolute atomic E-state index is 0.867. The van der Waals surface area contributed by atoms with E-state index in [2.05, 4.69) is 34.7 Å². The number of nitrogens with zero attached hydrogens (tertiary/aromatic N) is 2. The summed E-state index contributed by atoms with van der Waals surface area (Å²) in [6.45, 7) is 2.88. The van der Waals surface area contributed by atoms with Gasteiger partial charge in [0.2, 0.25) is 0 Å². The van der Waals surface area contributed by atoms with E-state index >= 15 is 0 Å². The molecule has 2 heterocycles. The summed E-state index contributed by atoms with van der Waals surface area (Å²) >= 11 is 0. The fourth-order valence-electron chi connectivity index (χ4n) is 1.85. The third-order valence-electron chi connectivity index (χ3n) is 2.50. The van der Waals surface area contributed by atoms with Gasteiger partial charge in [-0.05, 0) is 18.6 Å². The summed E-state index contributed by atoms with van der Waals surface area (Å²) in [5.41, 5.74) is 3.54. The minimum Gasteiger partial charge on any atom is -0.340 e. The lowest BCUT2D eigenvalue weighted by Crippen LogP contribution is -2.13. The van der Waals surface area contributed by atoms with Crippen molar-refractivity contribution in [3.05, 3.63) is 41.6 Å². The molecule has 1 aliphatic heterocycles. The molecule has 3 nitrogen and oxygen atoms in total. The molecule has 0 saturated heterocycles. The predicted octanol–water partition coefficient (Wildman–Crippen LogP) is 2.30. The number of hydrogen-bond donors (Lipinski definition) is 1. The van der Waals surface area contributed by atoms with E-state index in [0.29, 0.717) is 0 Å². The van der Waals surface area contributed by atoms with Crippen LogP contribution < -0.4 is 5.32 Å². The number of fused-ring (bicyclic) bond motifs is 2. The molecular formula is C11H11N3. The molecule has 1 aliphatic rings. The average Bonchev–Trinajstić information content (AvgIpc) is 2.53. The molecule has 1 N–H and O–H groups in total. The second-order valence-corrected chi connectivity index (χ2v) is 3.61. The van der Waals surface area contributed by atoms with Gasteiger partial charge in [0, 0.05) is 11.8 Å². The Bertz CT molecular complexity index is 443. The number of rotatable bonds is 0. The first-order chi connectivity index (χ1) is 6.83. The lowest BCUT2D eigenvalue weighted by molar-refractivity contribution is 0.678. The second-order valence-electron chi connectivity index (χ2n) is 3.61. The number of benzene rings is 1. The number of anilines is 2. The van der Waals surface area contributed by atoms with Crippen LogP contribution in [-0.2, 0) is 6.54 Å². The van der Waals surface area contributed by atoms with Crippen molar-refractivity contribution in [2.24, 2.45) is 0 Å². The molecule has 2 aromatic rings. The Hall–Kier alpha value is -1.77. The topological polar surface area (TPSA) is 29.9 Å². The standard InChI is InChI=1S/C11H11N3/c1-8-6-11-12-10-5-3-2-4-9(10)7-14(11)13-8/h2-6,12H,7H2,1H3.